The molecule has 3 heterocycles. The van der Waals surface area contributed by atoms with Crippen molar-refractivity contribution in [2.24, 2.45) is 0 Å². The number of furan rings is 1. The number of ether oxygens (including phenoxy) is 1. The molecule has 1 N–H and O–H groups in total. The van der Waals surface area contributed by atoms with Crippen LogP contribution in [0.1, 0.15) is 12.7 Å². The molecule has 0 aromatic carbocycles. The van der Waals surface area contributed by atoms with Gasteiger partial charge >= 0.3 is 0 Å². The molecule has 0 bridgehead atoms. The lowest BCUT2D eigenvalue weighted by Gasteiger charge is -2.25. The monoisotopic (exact) mass is 411 g/mol. The van der Waals surface area contributed by atoms with E-state index >= 15 is 0 Å². The van der Waals surface area contributed by atoms with E-state index in [1.165, 1.54) is 28.3 Å². The number of nitrogens with zero attached hydrogens (tertiary/aromatic N) is 2. The summed E-state index contributed by atoms with van der Waals surface area (Å²) in [7, 11) is -3.57. The molecule has 2 aromatic rings. The molecule has 10 heteroatoms. The Morgan fingerprint density at radius 1 is 1.33 bits per heavy atom. The number of nitrogens with one attached hydrogen (secondary N) is 1. The van der Waals surface area contributed by atoms with E-state index in [1.54, 1.807) is 31.4 Å². The van der Waals surface area contributed by atoms with Crippen molar-refractivity contribution in [2.75, 3.05) is 26.3 Å². The second-order valence-corrected chi connectivity index (χ2v) is 9.20. The van der Waals surface area contributed by atoms with Crippen LogP contribution in [0.3, 0.4) is 0 Å². The lowest BCUT2D eigenvalue weighted by atomic mass is 10.4. The van der Waals surface area contributed by atoms with Gasteiger partial charge in [0.1, 0.15) is 10.7 Å². The van der Waals surface area contributed by atoms with E-state index < -0.39 is 10.0 Å². The van der Waals surface area contributed by atoms with Crippen LogP contribution in [0.25, 0.3) is 0 Å². The van der Waals surface area contributed by atoms with Crippen molar-refractivity contribution in [1.29, 1.82) is 0 Å². The number of pyridine rings is 1. The predicted octanol–water partition coefficient (Wildman–Crippen LogP) is 1.49. The maximum absolute atomic E-state index is 12.6. The highest BCUT2D eigenvalue weighted by Crippen LogP contribution is 2.23. The number of rotatable bonds is 7. The van der Waals surface area contributed by atoms with Crippen LogP contribution in [0, 0.1) is 0 Å². The smallest absolute Gasteiger partial charge is 0.244 e. The van der Waals surface area contributed by atoms with Crippen molar-refractivity contribution in [1.82, 2.24) is 14.6 Å². The number of amides is 1. The van der Waals surface area contributed by atoms with Crippen LogP contribution in [-0.2, 0) is 26.1 Å². The number of carbonyl (C=O) groups excluding carboxylic acids is 1. The number of hydrogen-bond acceptors (Lipinski definition) is 7. The summed E-state index contributed by atoms with van der Waals surface area (Å²) in [5.41, 5.74) is 0. The van der Waals surface area contributed by atoms with Crippen molar-refractivity contribution in [3.05, 3.63) is 42.5 Å². The van der Waals surface area contributed by atoms with E-state index in [9.17, 15) is 13.2 Å². The molecule has 0 spiro atoms. The maximum Gasteiger partial charge on any atom is 0.244 e. The highest BCUT2D eigenvalue weighted by atomic mass is 32.2. The van der Waals surface area contributed by atoms with Crippen LogP contribution in [0.2, 0.25) is 0 Å². The molecule has 146 valence electrons. The van der Waals surface area contributed by atoms with Crippen molar-refractivity contribution < 1.29 is 22.4 Å². The van der Waals surface area contributed by atoms with Gasteiger partial charge in [-0.3, -0.25) is 4.79 Å². The Kier molecular flexibility index (Phi) is 6.53. The number of hydrogen-bond donors (Lipinski definition) is 1. The zero-order valence-corrected chi connectivity index (χ0v) is 16.5. The van der Waals surface area contributed by atoms with Crippen LogP contribution in [-0.4, -0.2) is 55.2 Å². The third-order valence-corrected chi connectivity index (χ3v) is 6.93. The van der Waals surface area contributed by atoms with Crippen molar-refractivity contribution >= 4 is 27.7 Å². The first-order chi connectivity index (χ1) is 13.0. The lowest BCUT2D eigenvalue weighted by Crippen LogP contribution is -2.40. The average Bonchev–Trinajstić information content (AvgIpc) is 3.21. The van der Waals surface area contributed by atoms with Gasteiger partial charge in [0.15, 0.2) is 0 Å². The Morgan fingerprint density at radius 2 is 2.11 bits per heavy atom. The van der Waals surface area contributed by atoms with Crippen molar-refractivity contribution in [3.8, 4) is 0 Å². The van der Waals surface area contributed by atoms with Crippen molar-refractivity contribution in [2.45, 2.75) is 28.6 Å². The highest BCUT2D eigenvalue weighted by Gasteiger charge is 2.26. The van der Waals surface area contributed by atoms with Gasteiger partial charge in [-0.05, 0) is 31.2 Å². The molecule has 1 aliphatic rings. The van der Waals surface area contributed by atoms with Crippen LogP contribution < -0.4 is 5.32 Å². The van der Waals surface area contributed by atoms with E-state index in [0.717, 1.165) is 0 Å². The molecular weight excluding hydrogens is 390 g/mol. The average molecular weight is 412 g/mol. The topological polar surface area (TPSA) is 102 Å². The third kappa shape index (κ3) is 5.10. The summed E-state index contributed by atoms with van der Waals surface area (Å²) in [5, 5.41) is 2.99. The number of morpholine rings is 1. The van der Waals surface area contributed by atoms with Gasteiger partial charge in [0, 0.05) is 19.3 Å². The molecular formula is C17H21N3O5S2. The van der Waals surface area contributed by atoms with Crippen LogP contribution in [0.5, 0.6) is 0 Å². The van der Waals surface area contributed by atoms with Crippen LogP contribution in [0.4, 0.5) is 0 Å². The molecule has 1 fully saturated rings. The van der Waals surface area contributed by atoms with Gasteiger partial charge in [-0.1, -0.05) is 11.8 Å². The number of carbonyl (C=O) groups is 1. The summed E-state index contributed by atoms with van der Waals surface area (Å²) in [5.74, 6) is 0.527. The number of aromatic nitrogens is 1. The van der Waals surface area contributed by atoms with E-state index in [4.69, 9.17) is 9.15 Å². The minimum absolute atomic E-state index is 0.142. The Hall–Kier alpha value is -1.88. The predicted molar refractivity (Wildman–Crippen MR) is 99.7 cm³/mol. The second-order valence-electron chi connectivity index (χ2n) is 5.91. The molecule has 0 radical (unpaired) electrons. The van der Waals surface area contributed by atoms with E-state index in [0.29, 0.717) is 43.6 Å². The van der Waals surface area contributed by atoms with E-state index in [-0.39, 0.29) is 16.1 Å². The summed E-state index contributed by atoms with van der Waals surface area (Å²) >= 11 is 1.26. The van der Waals surface area contributed by atoms with E-state index in [1.807, 2.05) is 0 Å². The first kappa shape index (κ1) is 19.9. The molecule has 1 saturated heterocycles. The van der Waals surface area contributed by atoms with Gasteiger partial charge in [0.05, 0.1) is 36.3 Å². The molecule has 8 nitrogen and oxygen atoms in total. The SMILES string of the molecule is C[C@@H](Sc1ccc(S(=O)(=O)N2CCOCC2)cn1)C(=O)NCc1ccco1. The molecule has 2 aromatic heterocycles. The Morgan fingerprint density at radius 3 is 2.74 bits per heavy atom. The standard InChI is InChI=1S/C17H21N3O5S2/c1-13(17(21)19-11-14-3-2-8-25-14)26-16-5-4-15(12-18-16)27(22,23)20-6-9-24-10-7-20/h2-5,8,12-13H,6-7,9-11H2,1H3,(H,19,21)/t13-/m1/s1. The van der Waals surface area contributed by atoms with Gasteiger partial charge in [-0.15, -0.1) is 0 Å². The first-order valence-corrected chi connectivity index (χ1v) is 10.8. The molecule has 0 aliphatic carbocycles. The number of thioether (sulfide) groups is 1. The molecule has 3 rings (SSSR count). The molecule has 1 aliphatic heterocycles. The highest BCUT2D eigenvalue weighted by molar-refractivity contribution is 8.00. The minimum Gasteiger partial charge on any atom is -0.467 e. The minimum atomic E-state index is -3.57. The third-order valence-electron chi connectivity index (χ3n) is 4.00. The first-order valence-electron chi connectivity index (χ1n) is 8.47. The Balaban J connectivity index is 1.57. The van der Waals surface area contributed by atoms with Gasteiger partial charge in [-0.2, -0.15) is 4.31 Å². The summed E-state index contributed by atoms with van der Waals surface area (Å²) < 4.78 is 36.9. The maximum atomic E-state index is 12.6. The molecule has 1 atom stereocenters. The molecule has 27 heavy (non-hydrogen) atoms. The van der Waals surface area contributed by atoms with Gasteiger partial charge in [0.2, 0.25) is 15.9 Å². The second kappa shape index (κ2) is 8.87. The van der Waals surface area contributed by atoms with Gasteiger partial charge in [0.25, 0.3) is 0 Å². The number of sulfonamides is 1. The van der Waals surface area contributed by atoms with Gasteiger partial charge < -0.3 is 14.5 Å². The van der Waals surface area contributed by atoms with Crippen molar-refractivity contribution in [3.63, 3.8) is 0 Å². The summed E-state index contributed by atoms with van der Waals surface area (Å²) in [6.45, 7) is 3.55. The van der Waals surface area contributed by atoms with Gasteiger partial charge in [-0.25, -0.2) is 13.4 Å². The summed E-state index contributed by atoms with van der Waals surface area (Å²) in [6.07, 6.45) is 2.89. The largest absolute Gasteiger partial charge is 0.467 e. The van der Waals surface area contributed by atoms with Crippen LogP contribution >= 0.6 is 11.8 Å². The zero-order valence-electron chi connectivity index (χ0n) is 14.8. The summed E-state index contributed by atoms with van der Waals surface area (Å²) in [6, 6.07) is 6.69. The molecule has 1 amide bonds. The zero-order chi connectivity index (χ0) is 19.3. The fourth-order valence-electron chi connectivity index (χ4n) is 2.49. The Labute approximate surface area is 162 Å². The summed E-state index contributed by atoms with van der Waals surface area (Å²) in [4.78, 5) is 16.5. The van der Waals surface area contributed by atoms with Crippen LogP contribution in [0.15, 0.2) is 51.1 Å². The normalized spacial score (nSPS) is 16.8. The fraction of sp³-hybridized carbons (Fsp3) is 0.412. The lowest BCUT2D eigenvalue weighted by molar-refractivity contribution is -0.120. The van der Waals surface area contributed by atoms with E-state index in [2.05, 4.69) is 10.3 Å². The fourth-order valence-corrected chi connectivity index (χ4v) is 4.66. The molecule has 0 saturated carbocycles. The Bertz CT molecular complexity index is 847. The quantitative estimate of drug-likeness (QED) is 0.689. The molecule has 0 unspecified atom stereocenters.